The predicted octanol–water partition coefficient (Wildman–Crippen LogP) is 2.80. The number of nitrogens with zero attached hydrogens (tertiary/aromatic N) is 5. The van der Waals surface area contributed by atoms with E-state index in [4.69, 9.17) is 0 Å². The Morgan fingerprint density at radius 3 is 2.55 bits per heavy atom. The van der Waals surface area contributed by atoms with Crippen molar-refractivity contribution in [2.45, 2.75) is 13.1 Å². The van der Waals surface area contributed by atoms with E-state index in [2.05, 4.69) is 25.1 Å². The summed E-state index contributed by atoms with van der Waals surface area (Å²) in [6, 6.07) is 11.3. The number of aromatic nitrogens is 1. The molecule has 29 heavy (non-hydrogen) atoms. The van der Waals surface area contributed by atoms with Gasteiger partial charge in [-0.2, -0.15) is 0 Å². The number of aliphatic imine (C=N–C) groups is 1. The molecule has 0 saturated carbocycles. The Morgan fingerprint density at radius 1 is 1.17 bits per heavy atom. The molecule has 1 N–H and O–H groups in total. The fraction of sp³-hybridized carbons (Fsp3) is 0.429. The molecule has 1 aromatic carbocycles. The fourth-order valence-electron chi connectivity index (χ4n) is 3.40. The van der Waals surface area contributed by atoms with Crippen molar-refractivity contribution >= 4 is 35.8 Å². The van der Waals surface area contributed by atoms with Gasteiger partial charge in [0.2, 0.25) is 0 Å². The van der Waals surface area contributed by atoms with E-state index in [1.807, 2.05) is 55.5 Å². The molecule has 0 spiro atoms. The van der Waals surface area contributed by atoms with Crippen LogP contribution in [0.1, 0.15) is 11.1 Å². The second kappa shape index (κ2) is 11.3. The van der Waals surface area contributed by atoms with Gasteiger partial charge in [0.25, 0.3) is 0 Å². The molecule has 0 bridgehead atoms. The van der Waals surface area contributed by atoms with Crippen LogP contribution < -0.4 is 10.2 Å². The van der Waals surface area contributed by atoms with Crippen molar-refractivity contribution in [3.8, 4) is 0 Å². The van der Waals surface area contributed by atoms with Crippen molar-refractivity contribution in [1.82, 2.24) is 20.1 Å². The van der Waals surface area contributed by atoms with Crippen LogP contribution in [0.15, 0.2) is 47.6 Å². The summed E-state index contributed by atoms with van der Waals surface area (Å²) in [4.78, 5) is 15.4. The Hall–Kier alpha value is -1.94. The highest BCUT2D eigenvalue weighted by atomic mass is 127. The molecule has 1 aliphatic rings. The van der Waals surface area contributed by atoms with Crippen LogP contribution >= 0.6 is 24.0 Å². The fourth-order valence-corrected chi connectivity index (χ4v) is 3.40. The quantitative estimate of drug-likeness (QED) is 0.380. The zero-order chi connectivity index (χ0) is 19.9. The first-order valence-corrected chi connectivity index (χ1v) is 9.60. The summed E-state index contributed by atoms with van der Waals surface area (Å²) < 4.78 is 14.0. The first-order chi connectivity index (χ1) is 13.6. The highest BCUT2D eigenvalue weighted by Gasteiger charge is 2.20. The van der Waals surface area contributed by atoms with Crippen molar-refractivity contribution in [3.05, 3.63) is 59.5 Å². The Balaban J connectivity index is 0.00000300. The van der Waals surface area contributed by atoms with Crippen LogP contribution in [0.25, 0.3) is 0 Å². The van der Waals surface area contributed by atoms with Gasteiger partial charge < -0.3 is 20.0 Å². The molecule has 1 fully saturated rings. The van der Waals surface area contributed by atoms with Gasteiger partial charge in [0, 0.05) is 58.1 Å². The number of piperazine rings is 1. The normalized spacial score (nSPS) is 14.7. The topological polar surface area (TPSA) is 47.0 Å². The minimum Gasteiger partial charge on any atom is -0.353 e. The maximum atomic E-state index is 14.0. The molecule has 158 valence electrons. The Kier molecular flexibility index (Phi) is 9.09. The maximum Gasteiger partial charge on any atom is 0.194 e. The molecule has 6 nitrogen and oxygen atoms in total. The highest BCUT2D eigenvalue weighted by Crippen LogP contribution is 2.14. The molecular weight excluding hydrogens is 482 g/mol. The summed E-state index contributed by atoms with van der Waals surface area (Å²) in [6.45, 7) is 4.78. The first kappa shape index (κ1) is 23.3. The molecule has 2 aromatic rings. The Labute approximate surface area is 189 Å². The summed E-state index contributed by atoms with van der Waals surface area (Å²) >= 11 is 0. The number of rotatable bonds is 5. The number of halogens is 2. The van der Waals surface area contributed by atoms with Gasteiger partial charge >= 0.3 is 0 Å². The number of hydrogen-bond acceptors (Lipinski definition) is 4. The lowest BCUT2D eigenvalue weighted by Crippen LogP contribution is -2.52. The number of benzene rings is 1. The van der Waals surface area contributed by atoms with Gasteiger partial charge in [0.1, 0.15) is 11.6 Å². The minimum atomic E-state index is -0.160. The first-order valence-electron chi connectivity index (χ1n) is 9.60. The van der Waals surface area contributed by atoms with Crippen LogP contribution in [0.5, 0.6) is 0 Å². The maximum absolute atomic E-state index is 14.0. The van der Waals surface area contributed by atoms with Crippen LogP contribution in [0.4, 0.5) is 10.2 Å². The molecule has 3 rings (SSSR count). The van der Waals surface area contributed by atoms with Gasteiger partial charge in [0.15, 0.2) is 5.96 Å². The Bertz CT molecular complexity index is 791. The number of nitrogens with one attached hydrogen (secondary N) is 1. The molecule has 0 aliphatic carbocycles. The van der Waals surface area contributed by atoms with E-state index < -0.39 is 0 Å². The average Bonchev–Trinajstić information content (AvgIpc) is 2.71. The van der Waals surface area contributed by atoms with E-state index in [0.717, 1.165) is 43.5 Å². The summed E-state index contributed by atoms with van der Waals surface area (Å²) in [5.41, 5.74) is 1.76. The third-order valence-corrected chi connectivity index (χ3v) is 4.81. The molecule has 1 aromatic heterocycles. The van der Waals surface area contributed by atoms with Crippen molar-refractivity contribution in [2.75, 3.05) is 52.2 Å². The van der Waals surface area contributed by atoms with Crippen LogP contribution in [-0.2, 0) is 13.1 Å². The number of anilines is 1. The lowest BCUT2D eigenvalue weighted by atomic mass is 10.1. The molecule has 1 saturated heterocycles. The van der Waals surface area contributed by atoms with Crippen LogP contribution in [-0.4, -0.2) is 68.1 Å². The van der Waals surface area contributed by atoms with Crippen molar-refractivity contribution in [3.63, 3.8) is 0 Å². The minimum absolute atomic E-state index is 0. The monoisotopic (exact) mass is 512 g/mol. The summed E-state index contributed by atoms with van der Waals surface area (Å²) in [5, 5.41) is 3.42. The smallest absolute Gasteiger partial charge is 0.194 e. The molecule has 0 radical (unpaired) electrons. The largest absolute Gasteiger partial charge is 0.353 e. The number of guanidine groups is 1. The SMILES string of the molecule is CN=C(NCc1ccc(F)c(CN(C)C)c1)N1CCN(c2ccccn2)CC1.I. The predicted molar refractivity (Wildman–Crippen MR) is 127 cm³/mol. The van der Waals surface area contributed by atoms with Crippen molar-refractivity contribution < 1.29 is 4.39 Å². The average molecular weight is 512 g/mol. The lowest BCUT2D eigenvalue weighted by molar-refractivity contribution is 0.371. The summed E-state index contributed by atoms with van der Waals surface area (Å²) in [5.74, 6) is 1.73. The zero-order valence-electron chi connectivity index (χ0n) is 17.3. The van der Waals surface area contributed by atoms with Gasteiger partial charge in [0.05, 0.1) is 0 Å². The summed E-state index contributed by atoms with van der Waals surface area (Å²) in [6.07, 6.45) is 1.83. The second-order valence-corrected chi connectivity index (χ2v) is 7.23. The Morgan fingerprint density at radius 2 is 1.93 bits per heavy atom. The zero-order valence-corrected chi connectivity index (χ0v) is 19.6. The van der Waals surface area contributed by atoms with Crippen LogP contribution in [0, 0.1) is 5.82 Å². The van der Waals surface area contributed by atoms with E-state index >= 15 is 0 Å². The van der Waals surface area contributed by atoms with Gasteiger partial charge in [-0.25, -0.2) is 9.37 Å². The van der Waals surface area contributed by atoms with Gasteiger partial charge in [-0.1, -0.05) is 12.1 Å². The standard InChI is InChI=1S/C21H29FN6.HI/c1-23-21(25-15-17-7-8-19(22)18(14-17)16-26(2)3)28-12-10-27(11-13-28)20-6-4-5-9-24-20;/h4-9,14H,10-13,15-16H2,1-3H3,(H,23,25);1H. The van der Waals surface area contributed by atoms with Gasteiger partial charge in [-0.05, 0) is 43.9 Å². The van der Waals surface area contributed by atoms with Crippen LogP contribution in [0.2, 0.25) is 0 Å². The van der Waals surface area contributed by atoms with Crippen LogP contribution in [0.3, 0.4) is 0 Å². The van der Waals surface area contributed by atoms with E-state index in [0.29, 0.717) is 18.7 Å². The molecule has 1 aliphatic heterocycles. The van der Waals surface area contributed by atoms with E-state index in [9.17, 15) is 4.39 Å². The third kappa shape index (κ3) is 6.53. The number of pyridine rings is 1. The van der Waals surface area contributed by atoms with E-state index in [-0.39, 0.29) is 29.8 Å². The van der Waals surface area contributed by atoms with E-state index in [1.165, 1.54) is 0 Å². The van der Waals surface area contributed by atoms with Gasteiger partial charge in [-0.3, -0.25) is 4.99 Å². The molecule has 8 heteroatoms. The van der Waals surface area contributed by atoms with Crippen molar-refractivity contribution in [2.24, 2.45) is 4.99 Å². The summed E-state index contributed by atoms with van der Waals surface area (Å²) in [7, 11) is 5.68. The molecule has 2 heterocycles. The lowest BCUT2D eigenvalue weighted by Gasteiger charge is -2.37. The van der Waals surface area contributed by atoms with Crippen molar-refractivity contribution in [1.29, 1.82) is 0 Å². The highest BCUT2D eigenvalue weighted by molar-refractivity contribution is 14.0. The molecule has 0 unspecified atom stereocenters. The molecule has 0 amide bonds. The van der Waals surface area contributed by atoms with E-state index in [1.54, 1.807) is 13.1 Å². The molecular formula is C21H30FIN6. The van der Waals surface area contributed by atoms with Gasteiger partial charge in [-0.15, -0.1) is 24.0 Å². The number of hydrogen-bond donors (Lipinski definition) is 1. The molecule has 0 atom stereocenters. The second-order valence-electron chi connectivity index (χ2n) is 7.23. The third-order valence-electron chi connectivity index (χ3n) is 4.81.